The van der Waals surface area contributed by atoms with E-state index in [1.54, 1.807) is 0 Å². The number of ether oxygens (including phenoxy) is 3. The number of esters is 3. The molecule has 66 heavy (non-hydrogen) atoms. The van der Waals surface area contributed by atoms with Crippen LogP contribution in [-0.2, 0) is 28.6 Å². The van der Waals surface area contributed by atoms with Crippen molar-refractivity contribution in [1.82, 2.24) is 0 Å². The van der Waals surface area contributed by atoms with Crippen LogP contribution in [0.3, 0.4) is 0 Å². The molecular formula is C60H102O6. The van der Waals surface area contributed by atoms with Gasteiger partial charge in [0.15, 0.2) is 6.10 Å². The van der Waals surface area contributed by atoms with Crippen LogP contribution in [0.5, 0.6) is 0 Å². The van der Waals surface area contributed by atoms with E-state index in [0.29, 0.717) is 19.3 Å². The van der Waals surface area contributed by atoms with Crippen molar-refractivity contribution in [2.45, 2.75) is 264 Å². The first-order valence-corrected chi connectivity index (χ1v) is 27.6. The summed E-state index contributed by atoms with van der Waals surface area (Å²) in [5, 5.41) is 0. The highest BCUT2D eigenvalue weighted by molar-refractivity contribution is 5.71. The molecule has 0 spiro atoms. The standard InChI is InChI=1S/C60H102O6/c1-4-7-10-13-16-19-22-25-27-28-29-30-31-32-33-36-38-41-44-47-50-53-59(62)65-56-57(55-64-58(61)52-49-46-43-40-37-34-24-21-18-15-12-9-6-3)66-60(63)54-51-48-45-42-39-35-26-23-20-17-14-11-8-5-2/h7,10,16,19,21,23-27,29-30,32-33,57H,4-6,8-9,11-15,17-18,20,22,28,31,34-56H2,1-3H3/b10-7-,19-16-,24-21-,26-23-,27-25-,30-29-,33-32-. The highest BCUT2D eigenvalue weighted by Crippen LogP contribution is 2.14. The van der Waals surface area contributed by atoms with Gasteiger partial charge in [-0.05, 0) is 116 Å². The minimum atomic E-state index is -0.792. The largest absolute Gasteiger partial charge is 0.462 e. The minimum Gasteiger partial charge on any atom is -0.462 e. The Morgan fingerprint density at radius 2 is 0.591 bits per heavy atom. The van der Waals surface area contributed by atoms with Crippen LogP contribution >= 0.6 is 0 Å². The third-order valence-corrected chi connectivity index (χ3v) is 11.6. The molecule has 1 atom stereocenters. The van der Waals surface area contributed by atoms with Gasteiger partial charge in [-0.1, -0.05) is 209 Å². The summed E-state index contributed by atoms with van der Waals surface area (Å²) in [6, 6.07) is 0. The number of carbonyl (C=O) groups is 3. The van der Waals surface area contributed by atoms with E-state index in [0.717, 1.165) is 128 Å². The number of unbranched alkanes of at least 4 members (excludes halogenated alkanes) is 24. The molecule has 378 valence electrons. The average Bonchev–Trinajstić information content (AvgIpc) is 3.31. The van der Waals surface area contributed by atoms with Crippen LogP contribution in [0.25, 0.3) is 0 Å². The van der Waals surface area contributed by atoms with Crippen molar-refractivity contribution in [2.75, 3.05) is 13.2 Å². The Morgan fingerprint density at radius 1 is 0.318 bits per heavy atom. The fourth-order valence-corrected chi connectivity index (χ4v) is 7.46. The molecule has 0 saturated heterocycles. The second-order valence-electron chi connectivity index (χ2n) is 18.1. The van der Waals surface area contributed by atoms with E-state index in [1.165, 1.54) is 89.9 Å². The predicted molar refractivity (Wildman–Crippen MR) is 284 cm³/mol. The van der Waals surface area contributed by atoms with E-state index >= 15 is 0 Å². The van der Waals surface area contributed by atoms with E-state index < -0.39 is 6.10 Å². The molecule has 6 nitrogen and oxygen atoms in total. The van der Waals surface area contributed by atoms with Crippen LogP contribution in [0.1, 0.15) is 258 Å². The molecule has 0 aliphatic carbocycles. The van der Waals surface area contributed by atoms with Crippen molar-refractivity contribution in [3.05, 3.63) is 85.1 Å². The Morgan fingerprint density at radius 3 is 0.955 bits per heavy atom. The summed E-state index contributed by atoms with van der Waals surface area (Å²) in [6.45, 7) is 6.47. The lowest BCUT2D eigenvalue weighted by molar-refractivity contribution is -0.167. The molecule has 0 rings (SSSR count). The number of hydrogen-bond acceptors (Lipinski definition) is 6. The van der Waals surface area contributed by atoms with Crippen LogP contribution in [-0.4, -0.2) is 37.2 Å². The Labute approximate surface area is 407 Å². The molecule has 0 radical (unpaired) electrons. The van der Waals surface area contributed by atoms with Crippen LogP contribution in [0.4, 0.5) is 0 Å². The summed E-state index contributed by atoms with van der Waals surface area (Å²) in [5.41, 5.74) is 0. The summed E-state index contributed by atoms with van der Waals surface area (Å²) in [5.74, 6) is -0.924. The van der Waals surface area contributed by atoms with Crippen molar-refractivity contribution in [2.24, 2.45) is 0 Å². The Kier molecular flexibility index (Phi) is 51.4. The Bertz CT molecular complexity index is 1290. The number of hydrogen-bond donors (Lipinski definition) is 0. The van der Waals surface area contributed by atoms with E-state index in [-0.39, 0.29) is 31.1 Å². The molecule has 0 bridgehead atoms. The van der Waals surface area contributed by atoms with Crippen LogP contribution in [0, 0.1) is 0 Å². The monoisotopic (exact) mass is 919 g/mol. The first-order valence-electron chi connectivity index (χ1n) is 27.6. The molecule has 0 aliphatic heterocycles. The number of carbonyl (C=O) groups excluding carboxylic acids is 3. The van der Waals surface area contributed by atoms with Gasteiger partial charge in [0.25, 0.3) is 0 Å². The van der Waals surface area contributed by atoms with E-state index in [4.69, 9.17) is 14.2 Å². The maximum absolute atomic E-state index is 12.8. The molecule has 0 aromatic carbocycles. The molecule has 0 N–H and O–H groups in total. The highest BCUT2D eigenvalue weighted by Gasteiger charge is 2.19. The van der Waals surface area contributed by atoms with Gasteiger partial charge >= 0.3 is 17.9 Å². The third kappa shape index (κ3) is 51.6. The molecular weight excluding hydrogens is 817 g/mol. The second-order valence-corrected chi connectivity index (χ2v) is 18.1. The zero-order valence-electron chi connectivity index (χ0n) is 43.2. The predicted octanol–water partition coefficient (Wildman–Crippen LogP) is 18.4. The lowest BCUT2D eigenvalue weighted by Gasteiger charge is -2.18. The summed E-state index contributed by atoms with van der Waals surface area (Å²) < 4.78 is 16.8. The van der Waals surface area contributed by atoms with Gasteiger partial charge in [-0.2, -0.15) is 0 Å². The van der Waals surface area contributed by atoms with E-state index in [1.807, 2.05) is 0 Å². The van der Waals surface area contributed by atoms with Crippen LogP contribution in [0.2, 0.25) is 0 Å². The fourth-order valence-electron chi connectivity index (χ4n) is 7.46. The molecule has 0 saturated carbocycles. The molecule has 0 aromatic rings. The van der Waals surface area contributed by atoms with Gasteiger partial charge in [0.2, 0.25) is 0 Å². The maximum Gasteiger partial charge on any atom is 0.306 e. The second kappa shape index (κ2) is 54.2. The molecule has 1 unspecified atom stereocenters. The summed E-state index contributed by atoms with van der Waals surface area (Å²) in [7, 11) is 0. The van der Waals surface area contributed by atoms with Gasteiger partial charge in [-0.3, -0.25) is 14.4 Å². The Balaban J connectivity index is 4.41. The zero-order valence-corrected chi connectivity index (χ0v) is 43.2. The Hall–Kier alpha value is -3.41. The summed E-state index contributed by atoms with van der Waals surface area (Å²) in [4.78, 5) is 38.1. The van der Waals surface area contributed by atoms with Crippen molar-refractivity contribution >= 4 is 17.9 Å². The quantitative estimate of drug-likeness (QED) is 0.0262. The zero-order chi connectivity index (χ0) is 47.9. The summed E-state index contributed by atoms with van der Waals surface area (Å²) >= 11 is 0. The summed E-state index contributed by atoms with van der Waals surface area (Å²) in [6.07, 6.45) is 69.9. The number of allylic oxidation sites excluding steroid dienone is 14. The lowest BCUT2D eigenvalue weighted by atomic mass is 10.1. The molecule has 6 heteroatoms. The van der Waals surface area contributed by atoms with Gasteiger partial charge in [-0.25, -0.2) is 0 Å². The first kappa shape index (κ1) is 62.6. The molecule has 0 aromatic heterocycles. The number of rotatable bonds is 49. The smallest absolute Gasteiger partial charge is 0.306 e. The van der Waals surface area contributed by atoms with Gasteiger partial charge in [0.1, 0.15) is 13.2 Å². The van der Waals surface area contributed by atoms with Gasteiger partial charge < -0.3 is 14.2 Å². The maximum atomic E-state index is 12.8. The van der Waals surface area contributed by atoms with Gasteiger partial charge in [0, 0.05) is 19.3 Å². The normalized spacial score (nSPS) is 12.7. The third-order valence-electron chi connectivity index (χ3n) is 11.6. The fraction of sp³-hybridized carbons (Fsp3) is 0.717. The van der Waals surface area contributed by atoms with Crippen LogP contribution in [0.15, 0.2) is 85.1 Å². The lowest BCUT2D eigenvalue weighted by Crippen LogP contribution is -2.30. The van der Waals surface area contributed by atoms with Crippen LogP contribution < -0.4 is 0 Å². The van der Waals surface area contributed by atoms with Crippen molar-refractivity contribution in [1.29, 1.82) is 0 Å². The van der Waals surface area contributed by atoms with Crippen molar-refractivity contribution < 1.29 is 28.6 Å². The van der Waals surface area contributed by atoms with E-state index in [2.05, 4.69) is 106 Å². The van der Waals surface area contributed by atoms with Crippen molar-refractivity contribution in [3.63, 3.8) is 0 Å². The van der Waals surface area contributed by atoms with Crippen molar-refractivity contribution in [3.8, 4) is 0 Å². The molecule has 0 aliphatic rings. The average molecular weight is 919 g/mol. The SMILES string of the molecule is CC/C=C\C/C=C\C/C=C\C/C=C\C/C=C\CCCCCCCC(=O)OCC(COC(=O)CCCCCCC/C=C\CCCCCC)OC(=O)CCCCCCC/C=C\CCCCCCC. The first-order chi connectivity index (χ1) is 32.5. The molecule has 0 fully saturated rings. The minimum absolute atomic E-state index is 0.0905. The molecule has 0 heterocycles. The topological polar surface area (TPSA) is 78.9 Å². The molecule has 0 amide bonds. The highest BCUT2D eigenvalue weighted by atomic mass is 16.6. The van der Waals surface area contributed by atoms with E-state index in [9.17, 15) is 14.4 Å². The van der Waals surface area contributed by atoms with Gasteiger partial charge in [-0.15, -0.1) is 0 Å². The van der Waals surface area contributed by atoms with Gasteiger partial charge in [0.05, 0.1) is 0 Å².